The highest BCUT2D eigenvalue weighted by Gasteiger charge is 1.93. The van der Waals surface area contributed by atoms with Gasteiger partial charge in [0.15, 0.2) is 0 Å². The van der Waals surface area contributed by atoms with Crippen LogP contribution in [0, 0.1) is 0 Å². The third kappa shape index (κ3) is 1.83. The van der Waals surface area contributed by atoms with E-state index in [0.717, 1.165) is 11.4 Å². The van der Waals surface area contributed by atoms with Gasteiger partial charge in [-0.3, -0.25) is 4.68 Å². The first-order valence-corrected chi connectivity index (χ1v) is 6.51. The number of nitrogens with zero attached hydrogens (tertiary/aromatic N) is 3. The average molecular weight is 159 g/mol. The minimum atomic E-state index is 1.01. The maximum absolute atomic E-state index is 3.92. The summed E-state index contributed by atoms with van der Waals surface area (Å²) >= 11 is 1.89. The molecule has 50 valence electrons. The predicted molar refractivity (Wildman–Crippen MR) is 42.2 cm³/mol. The van der Waals surface area contributed by atoms with E-state index in [0.29, 0.717) is 0 Å². The van der Waals surface area contributed by atoms with Crippen LogP contribution >= 0.6 is 11.2 Å². The molecule has 3 nitrogen and oxygen atoms in total. The maximum Gasteiger partial charge on any atom is 0.0919 e. The van der Waals surface area contributed by atoms with E-state index in [9.17, 15) is 0 Å². The molecule has 0 aliphatic carbocycles. The van der Waals surface area contributed by atoms with Crippen molar-refractivity contribution in [2.45, 2.75) is 5.75 Å². The van der Waals surface area contributed by atoms with Crippen LogP contribution in [0.25, 0.3) is 0 Å². The summed E-state index contributed by atoms with van der Waals surface area (Å²) in [6.45, 7) is 0. The Labute approximate surface area is 60.9 Å². The quantitative estimate of drug-likeness (QED) is 0.536. The molecule has 1 aromatic heterocycles. The molecule has 1 aromatic rings. The van der Waals surface area contributed by atoms with Gasteiger partial charge in [-0.15, -0.1) is 5.10 Å². The fourth-order valence-corrected chi connectivity index (χ4v) is 1.92. The van der Waals surface area contributed by atoms with Gasteiger partial charge >= 0.3 is 0 Å². The first-order chi connectivity index (χ1) is 4.33. The molecule has 0 saturated carbocycles. The van der Waals surface area contributed by atoms with E-state index in [1.165, 1.54) is 9.39 Å². The van der Waals surface area contributed by atoms with Gasteiger partial charge in [0, 0.05) is 19.0 Å². The van der Waals surface area contributed by atoms with Crippen LogP contribution in [-0.4, -0.2) is 24.4 Å². The molecule has 0 aliphatic rings. The summed E-state index contributed by atoms with van der Waals surface area (Å²) in [5.74, 6) is 1.01. The molecule has 0 fully saturated rings. The zero-order valence-corrected chi connectivity index (χ0v) is 8.35. The minimum absolute atomic E-state index is 1.01. The summed E-state index contributed by atoms with van der Waals surface area (Å²) in [6, 6.07) is 0. The van der Waals surface area contributed by atoms with Gasteiger partial charge in [0.1, 0.15) is 0 Å². The molecule has 0 radical (unpaired) electrons. The van der Waals surface area contributed by atoms with Gasteiger partial charge in [-0.05, 0) is 0 Å². The maximum atomic E-state index is 3.92. The van der Waals surface area contributed by atoms with Gasteiger partial charge in [-0.25, -0.2) is 0 Å². The van der Waals surface area contributed by atoms with Gasteiger partial charge in [0.05, 0.1) is 15.1 Å². The smallest absolute Gasteiger partial charge is 0.0919 e. The van der Waals surface area contributed by atoms with Crippen molar-refractivity contribution in [1.29, 1.82) is 0 Å². The molecule has 5 heteroatoms. The second-order valence-electron chi connectivity index (χ2n) is 1.82. The third-order valence-corrected chi connectivity index (χ3v) is 2.39. The Balaban J connectivity index is 2.61. The van der Waals surface area contributed by atoms with Crippen LogP contribution in [0.5, 0.6) is 0 Å². The second kappa shape index (κ2) is 3.02. The van der Waals surface area contributed by atoms with Crippen molar-refractivity contribution < 1.29 is 0 Å². The van der Waals surface area contributed by atoms with Crippen molar-refractivity contribution in [3.8, 4) is 0 Å². The average Bonchev–Trinajstić information content (AvgIpc) is 2.17. The number of rotatable bonds is 2. The lowest BCUT2D eigenvalue weighted by Gasteiger charge is -1.84. The molecule has 0 bridgehead atoms. The van der Waals surface area contributed by atoms with Gasteiger partial charge in [0.2, 0.25) is 0 Å². The van der Waals surface area contributed by atoms with Crippen LogP contribution in [0.15, 0.2) is 6.20 Å². The van der Waals surface area contributed by atoms with Gasteiger partial charge in [-0.2, -0.15) is 11.2 Å². The first-order valence-electron chi connectivity index (χ1n) is 2.67. The molecule has 0 aliphatic heterocycles. The van der Waals surface area contributed by atoms with E-state index in [2.05, 4.69) is 10.3 Å². The molecule has 0 atom stereocenters. The summed E-state index contributed by atoms with van der Waals surface area (Å²) < 4.78 is 1.73. The predicted octanol–water partition coefficient (Wildman–Crippen LogP) is -0.671. The van der Waals surface area contributed by atoms with E-state index in [1.807, 2.05) is 24.5 Å². The molecule has 1 rings (SSSR count). The Morgan fingerprint density at radius 1 is 1.89 bits per heavy atom. The molecule has 0 unspecified atom stereocenters. The topological polar surface area (TPSA) is 30.7 Å². The van der Waals surface area contributed by atoms with Crippen LogP contribution in [0.4, 0.5) is 0 Å². The molecule has 0 N–H and O–H groups in total. The summed E-state index contributed by atoms with van der Waals surface area (Å²) in [4.78, 5) is 0. The fraction of sp³-hybridized carbons (Fsp3) is 0.500. The molecule has 0 amide bonds. The lowest BCUT2D eigenvalue weighted by Crippen LogP contribution is -1.85. The molecule has 0 saturated heterocycles. The monoisotopic (exact) mass is 159 g/mol. The van der Waals surface area contributed by atoms with Crippen LogP contribution in [0.1, 0.15) is 5.69 Å². The lowest BCUT2D eigenvalue weighted by atomic mass is 10.6. The molecule has 9 heavy (non-hydrogen) atoms. The standard InChI is InChI=1S/C4H9N3SSi/c1-7-2-4(3-8-9)5-6-7/h2H,3H2,1,9H3. The summed E-state index contributed by atoms with van der Waals surface area (Å²) in [5.41, 5.74) is 1.08. The number of aromatic nitrogens is 3. The van der Waals surface area contributed by atoms with Crippen molar-refractivity contribution in [2.75, 3.05) is 0 Å². The van der Waals surface area contributed by atoms with Crippen molar-refractivity contribution in [3.63, 3.8) is 0 Å². The minimum Gasteiger partial charge on any atom is -0.255 e. The Kier molecular flexibility index (Phi) is 2.29. The van der Waals surface area contributed by atoms with Crippen molar-refractivity contribution >= 4 is 20.6 Å². The van der Waals surface area contributed by atoms with Crippen molar-refractivity contribution in [1.82, 2.24) is 15.0 Å². The summed E-state index contributed by atoms with van der Waals surface area (Å²) in [5, 5.41) is 7.72. The normalized spacial score (nSPS) is 10.3. The molecule has 0 aromatic carbocycles. The van der Waals surface area contributed by atoms with Gasteiger partial charge < -0.3 is 0 Å². The Hall–Kier alpha value is -0.293. The third-order valence-electron chi connectivity index (χ3n) is 0.942. The van der Waals surface area contributed by atoms with E-state index in [1.54, 1.807) is 4.68 Å². The number of aryl methyl sites for hydroxylation is 1. The number of hydrogen-bond donors (Lipinski definition) is 0. The largest absolute Gasteiger partial charge is 0.255 e. The highest BCUT2D eigenvalue weighted by molar-refractivity contribution is 8.19. The van der Waals surface area contributed by atoms with Gasteiger partial charge in [-0.1, -0.05) is 5.21 Å². The van der Waals surface area contributed by atoms with E-state index < -0.39 is 0 Å². The molecular formula is C4H9N3SSi. The highest BCUT2D eigenvalue weighted by Crippen LogP contribution is 2.01. The Bertz CT molecular complexity index is 188. The SMILES string of the molecule is Cn1cc(CS[SiH3])nn1. The van der Waals surface area contributed by atoms with Crippen LogP contribution < -0.4 is 0 Å². The summed E-state index contributed by atoms with van der Waals surface area (Å²) in [7, 11) is 3.06. The van der Waals surface area contributed by atoms with Crippen LogP contribution in [0.2, 0.25) is 0 Å². The zero-order valence-electron chi connectivity index (χ0n) is 5.53. The van der Waals surface area contributed by atoms with E-state index in [4.69, 9.17) is 0 Å². The highest BCUT2D eigenvalue weighted by atomic mass is 32.4. The Morgan fingerprint density at radius 3 is 3.11 bits per heavy atom. The second-order valence-corrected chi connectivity index (χ2v) is 4.41. The van der Waals surface area contributed by atoms with E-state index in [-0.39, 0.29) is 0 Å². The zero-order chi connectivity index (χ0) is 6.69. The molecule has 0 spiro atoms. The first kappa shape index (κ1) is 6.82. The van der Waals surface area contributed by atoms with Crippen molar-refractivity contribution in [3.05, 3.63) is 11.9 Å². The fourth-order valence-electron chi connectivity index (χ4n) is 0.609. The Morgan fingerprint density at radius 2 is 2.67 bits per heavy atom. The number of hydrogen-bond acceptors (Lipinski definition) is 3. The van der Waals surface area contributed by atoms with Crippen LogP contribution in [-0.2, 0) is 12.8 Å². The van der Waals surface area contributed by atoms with Crippen molar-refractivity contribution in [2.24, 2.45) is 7.05 Å². The van der Waals surface area contributed by atoms with E-state index >= 15 is 0 Å². The van der Waals surface area contributed by atoms with Crippen LogP contribution in [0.3, 0.4) is 0 Å². The van der Waals surface area contributed by atoms with Gasteiger partial charge in [0.25, 0.3) is 0 Å². The summed E-state index contributed by atoms with van der Waals surface area (Å²) in [6.07, 6.45) is 1.95. The molecule has 1 heterocycles. The lowest BCUT2D eigenvalue weighted by molar-refractivity contribution is 0.714. The molecular weight excluding hydrogens is 150 g/mol.